The second kappa shape index (κ2) is 6.16. The molecule has 0 aliphatic carbocycles. The fourth-order valence-electron chi connectivity index (χ4n) is 1.75. The first kappa shape index (κ1) is 15.4. The number of alkyl halides is 1. The van der Waals surface area contributed by atoms with Gasteiger partial charge in [-0.25, -0.2) is 8.42 Å². The predicted molar refractivity (Wildman–Crippen MR) is 85.5 cm³/mol. The van der Waals surface area contributed by atoms with Crippen LogP contribution in [-0.2, 0) is 16.4 Å². The van der Waals surface area contributed by atoms with E-state index in [1.807, 2.05) is 25.1 Å². The molecule has 0 saturated carbocycles. The highest BCUT2D eigenvalue weighted by atomic mass is 35.5. The van der Waals surface area contributed by atoms with Crippen LogP contribution in [-0.4, -0.2) is 21.3 Å². The molecule has 0 aliphatic heterocycles. The van der Waals surface area contributed by atoms with Gasteiger partial charge in [0.25, 0.3) is 10.0 Å². The molecular formula is C14H16ClNO2S2. The van der Waals surface area contributed by atoms with Gasteiger partial charge in [0.15, 0.2) is 0 Å². The Morgan fingerprint density at radius 1 is 1.15 bits per heavy atom. The van der Waals surface area contributed by atoms with Gasteiger partial charge in [0, 0.05) is 17.8 Å². The molecule has 0 bridgehead atoms. The highest BCUT2D eigenvalue weighted by Gasteiger charge is 2.23. The molecule has 3 nitrogen and oxygen atoms in total. The minimum Gasteiger partial charge on any atom is -0.269 e. The van der Waals surface area contributed by atoms with Crippen LogP contribution in [0.3, 0.4) is 0 Å². The van der Waals surface area contributed by atoms with Crippen molar-refractivity contribution in [2.45, 2.75) is 17.6 Å². The second-order valence-electron chi connectivity index (χ2n) is 4.47. The van der Waals surface area contributed by atoms with E-state index in [9.17, 15) is 8.42 Å². The summed E-state index contributed by atoms with van der Waals surface area (Å²) in [5.41, 5.74) is 1.75. The summed E-state index contributed by atoms with van der Waals surface area (Å²) in [7, 11) is -1.92. The van der Waals surface area contributed by atoms with E-state index in [0.717, 1.165) is 10.4 Å². The third-order valence-corrected chi connectivity index (χ3v) is 6.58. The molecule has 1 heterocycles. The quantitative estimate of drug-likeness (QED) is 0.785. The summed E-state index contributed by atoms with van der Waals surface area (Å²) in [6, 6.07) is 10.9. The zero-order valence-electron chi connectivity index (χ0n) is 11.3. The third kappa shape index (κ3) is 3.16. The van der Waals surface area contributed by atoms with Gasteiger partial charge in [-0.2, -0.15) is 0 Å². The topological polar surface area (TPSA) is 37.4 Å². The zero-order chi connectivity index (χ0) is 14.8. The van der Waals surface area contributed by atoms with Crippen molar-refractivity contribution in [1.82, 2.24) is 0 Å². The molecule has 1 aromatic heterocycles. The average molecular weight is 330 g/mol. The number of rotatable bonds is 5. The summed E-state index contributed by atoms with van der Waals surface area (Å²) in [6.45, 7) is 1.97. The molecular weight excluding hydrogens is 314 g/mol. The van der Waals surface area contributed by atoms with Crippen LogP contribution in [0.15, 0.2) is 40.6 Å². The molecule has 6 heteroatoms. The monoisotopic (exact) mass is 329 g/mol. The van der Waals surface area contributed by atoms with Crippen LogP contribution in [0.4, 0.5) is 5.69 Å². The van der Waals surface area contributed by atoms with Gasteiger partial charge in [-0.15, -0.1) is 22.9 Å². The Morgan fingerprint density at radius 3 is 2.40 bits per heavy atom. The predicted octanol–water partition coefficient (Wildman–Crippen LogP) is 3.66. The molecule has 0 atom stereocenters. The molecule has 1 aromatic carbocycles. The number of hydrogen-bond donors (Lipinski definition) is 0. The number of aryl methyl sites for hydroxylation is 2. The maximum Gasteiger partial charge on any atom is 0.273 e. The van der Waals surface area contributed by atoms with Crippen molar-refractivity contribution in [3.8, 4) is 0 Å². The van der Waals surface area contributed by atoms with Crippen molar-refractivity contribution < 1.29 is 8.42 Å². The van der Waals surface area contributed by atoms with Crippen LogP contribution in [0.25, 0.3) is 0 Å². The van der Waals surface area contributed by atoms with E-state index in [1.165, 1.54) is 15.6 Å². The zero-order valence-corrected chi connectivity index (χ0v) is 13.7. The Labute approximate surface area is 128 Å². The lowest BCUT2D eigenvalue weighted by molar-refractivity contribution is 0.596. The van der Waals surface area contributed by atoms with Gasteiger partial charge in [0.05, 0.1) is 5.69 Å². The Kier molecular flexibility index (Phi) is 4.73. The number of thiophene rings is 1. The normalized spacial score (nSPS) is 11.6. The lowest BCUT2D eigenvalue weighted by Gasteiger charge is -2.18. The van der Waals surface area contributed by atoms with E-state index < -0.39 is 10.0 Å². The van der Waals surface area contributed by atoms with E-state index in [4.69, 9.17) is 11.6 Å². The van der Waals surface area contributed by atoms with Crippen molar-refractivity contribution in [3.05, 3.63) is 46.8 Å². The van der Waals surface area contributed by atoms with E-state index in [2.05, 4.69) is 0 Å². The van der Waals surface area contributed by atoms with Gasteiger partial charge in [-0.1, -0.05) is 17.7 Å². The molecule has 0 N–H and O–H groups in total. The Bertz CT molecular complexity index is 677. The Morgan fingerprint density at radius 2 is 1.80 bits per heavy atom. The molecule has 0 amide bonds. The number of hydrogen-bond acceptors (Lipinski definition) is 3. The van der Waals surface area contributed by atoms with Crippen molar-refractivity contribution >= 4 is 38.6 Å². The largest absolute Gasteiger partial charge is 0.273 e. The second-order valence-corrected chi connectivity index (χ2v) is 8.21. The molecule has 0 spiro atoms. The summed E-state index contributed by atoms with van der Waals surface area (Å²) in [4.78, 5) is 0.982. The summed E-state index contributed by atoms with van der Waals surface area (Å²) in [5.74, 6) is 0.494. The molecule has 2 aromatic rings. The van der Waals surface area contributed by atoms with Crippen LogP contribution >= 0.6 is 22.9 Å². The first-order valence-corrected chi connectivity index (χ1v) is 8.94. The van der Waals surface area contributed by atoms with E-state index in [-0.39, 0.29) is 0 Å². The first-order chi connectivity index (χ1) is 9.45. The molecule has 0 saturated heterocycles. The lowest BCUT2D eigenvalue weighted by atomic mass is 10.2. The van der Waals surface area contributed by atoms with Gasteiger partial charge >= 0.3 is 0 Å². The molecule has 0 radical (unpaired) electrons. The van der Waals surface area contributed by atoms with Crippen LogP contribution in [0, 0.1) is 6.92 Å². The standard InChI is InChI=1S/C14H16ClNO2S2/c1-11-3-5-12(6-4-11)16(2)20(17,18)14-8-7-13(19-14)9-10-15/h3-8H,9-10H2,1-2H3. The van der Waals surface area contributed by atoms with E-state index >= 15 is 0 Å². The number of anilines is 1. The van der Waals surface area contributed by atoms with Crippen molar-refractivity contribution in [2.24, 2.45) is 0 Å². The van der Waals surface area contributed by atoms with E-state index in [0.29, 0.717) is 22.2 Å². The van der Waals surface area contributed by atoms with Gasteiger partial charge < -0.3 is 0 Å². The minimum absolute atomic E-state index is 0.348. The van der Waals surface area contributed by atoms with Crippen LogP contribution in [0.5, 0.6) is 0 Å². The number of nitrogens with zero attached hydrogens (tertiary/aromatic N) is 1. The number of halogens is 1. The maximum atomic E-state index is 12.5. The molecule has 108 valence electrons. The summed E-state index contributed by atoms with van der Waals surface area (Å²) in [5, 5.41) is 0. The minimum atomic E-state index is -3.49. The lowest BCUT2D eigenvalue weighted by Crippen LogP contribution is -2.25. The smallest absolute Gasteiger partial charge is 0.269 e. The van der Waals surface area contributed by atoms with Crippen LogP contribution in [0.2, 0.25) is 0 Å². The number of benzene rings is 1. The number of sulfonamides is 1. The fraction of sp³-hybridized carbons (Fsp3) is 0.286. The Balaban J connectivity index is 2.30. The molecule has 20 heavy (non-hydrogen) atoms. The van der Waals surface area contributed by atoms with Gasteiger partial charge in [0.2, 0.25) is 0 Å². The van der Waals surface area contributed by atoms with Gasteiger partial charge in [0.1, 0.15) is 4.21 Å². The highest BCUT2D eigenvalue weighted by Crippen LogP contribution is 2.28. The maximum absolute atomic E-state index is 12.5. The third-order valence-electron chi connectivity index (χ3n) is 2.99. The summed E-state index contributed by atoms with van der Waals surface area (Å²) < 4.78 is 26.7. The van der Waals surface area contributed by atoms with E-state index in [1.54, 1.807) is 25.2 Å². The molecule has 2 rings (SSSR count). The van der Waals surface area contributed by atoms with Gasteiger partial charge in [-0.3, -0.25) is 4.31 Å². The molecule has 0 unspecified atom stereocenters. The summed E-state index contributed by atoms with van der Waals surface area (Å²) in [6.07, 6.45) is 0.690. The van der Waals surface area contributed by atoms with Gasteiger partial charge in [-0.05, 0) is 37.6 Å². The Hall–Kier alpha value is -1.04. The first-order valence-electron chi connectivity index (χ1n) is 6.15. The van der Waals surface area contributed by atoms with Crippen LogP contribution in [0.1, 0.15) is 10.4 Å². The van der Waals surface area contributed by atoms with Crippen molar-refractivity contribution in [2.75, 3.05) is 17.2 Å². The van der Waals surface area contributed by atoms with Crippen molar-refractivity contribution in [3.63, 3.8) is 0 Å². The molecule has 0 fully saturated rings. The van der Waals surface area contributed by atoms with Crippen molar-refractivity contribution in [1.29, 1.82) is 0 Å². The van der Waals surface area contributed by atoms with Crippen LogP contribution < -0.4 is 4.31 Å². The average Bonchev–Trinajstić information content (AvgIpc) is 2.88. The highest BCUT2D eigenvalue weighted by molar-refractivity contribution is 7.94. The fourth-order valence-corrected chi connectivity index (χ4v) is 4.79. The molecule has 0 aliphatic rings. The summed E-state index contributed by atoms with van der Waals surface area (Å²) >= 11 is 6.96. The SMILES string of the molecule is Cc1ccc(N(C)S(=O)(=O)c2ccc(CCCl)s2)cc1.